The van der Waals surface area contributed by atoms with E-state index < -0.39 is 45.4 Å². The van der Waals surface area contributed by atoms with Crippen molar-refractivity contribution in [2.24, 2.45) is 5.92 Å². The number of ketones is 1. The van der Waals surface area contributed by atoms with Crippen molar-refractivity contribution in [3.63, 3.8) is 0 Å². The number of sulfone groups is 1. The maximum atomic E-state index is 12.0. The van der Waals surface area contributed by atoms with Gasteiger partial charge in [-0.3, -0.25) is 19.2 Å². The molecule has 0 saturated carbocycles. The molecule has 36 heavy (non-hydrogen) atoms. The molecule has 0 bridgehead atoms. The number of Topliss-reactive ketones (excluding diaryl/α,β-unsaturated/α-hetero) is 1. The van der Waals surface area contributed by atoms with E-state index in [2.05, 4.69) is 10.6 Å². The molecular formula is C22H38N2O11S. The summed E-state index contributed by atoms with van der Waals surface area (Å²) in [5.41, 5.74) is 0. The molecule has 4 N–H and O–H groups in total. The Labute approximate surface area is 211 Å². The van der Waals surface area contributed by atoms with E-state index in [1.165, 1.54) is 0 Å². The smallest absolute Gasteiger partial charge is 0.326 e. The molecule has 0 spiro atoms. The summed E-state index contributed by atoms with van der Waals surface area (Å²) in [6, 6.07) is -1.04. The molecule has 0 aliphatic rings. The van der Waals surface area contributed by atoms with Crippen LogP contribution in [0, 0.1) is 5.92 Å². The fourth-order valence-corrected chi connectivity index (χ4v) is 3.69. The van der Waals surface area contributed by atoms with Crippen LogP contribution < -0.4 is 10.6 Å². The molecule has 0 aliphatic carbocycles. The summed E-state index contributed by atoms with van der Waals surface area (Å²) in [5.74, 6) is -4.88. The van der Waals surface area contributed by atoms with E-state index in [9.17, 15) is 37.5 Å². The highest BCUT2D eigenvalue weighted by Crippen LogP contribution is 2.13. The second kappa shape index (κ2) is 18.7. The summed E-state index contributed by atoms with van der Waals surface area (Å²) in [5, 5.41) is 23.3. The average molecular weight is 539 g/mol. The van der Waals surface area contributed by atoms with Crippen LogP contribution in [0.1, 0.15) is 51.9 Å². The fourth-order valence-electron chi connectivity index (χ4n) is 3.02. The van der Waals surface area contributed by atoms with Crippen molar-refractivity contribution in [2.45, 2.75) is 57.9 Å². The van der Waals surface area contributed by atoms with Gasteiger partial charge in [-0.2, -0.15) is 0 Å². The SMILES string of the molecule is CCCC(NC(=O)CCC(CC(=O)COCCOCCNC(=O)CCCS(C)(=O)=O)C(=O)O)C(=O)O. The van der Waals surface area contributed by atoms with E-state index in [-0.39, 0.29) is 83.2 Å². The summed E-state index contributed by atoms with van der Waals surface area (Å²) >= 11 is 0. The lowest BCUT2D eigenvalue weighted by Gasteiger charge is -2.15. The van der Waals surface area contributed by atoms with Gasteiger partial charge < -0.3 is 30.3 Å². The van der Waals surface area contributed by atoms with Crippen LogP contribution in [0.15, 0.2) is 0 Å². The second-order valence-corrected chi connectivity index (χ2v) is 10.6. The maximum absolute atomic E-state index is 12.0. The van der Waals surface area contributed by atoms with Crippen LogP contribution in [-0.4, -0.2) is 99.2 Å². The van der Waals surface area contributed by atoms with Crippen molar-refractivity contribution in [3.05, 3.63) is 0 Å². The van der Waals surface area contributed by atoms with Gasteiger partial charge in [0.2, 0.25) is 11.8 Å². The molecule has 0 radical (unpaired) electrons. The number of carbonyl (C=O) groups is 5. The molecule has 0 aliphatic heterocycles. The first-order chi connectivity index (χ1) is 16.9. The number of amides is 2. The van der Waals surface area contributed by atoms with Crippen molar-refractivity contribution in [3.8, 4) is 0 Å². The standard InChI is InChI=1S/C22H38N2O11S/c1-3-5-18(22(30)31)24-20(27)8-7-16(21(28)29)14-17(25)15-35-12-11-34-10-9-23-19(26)6-4-13-36(2,32)33/h16,18H,3-15H2,1-2H3,(H,23,26)(H,24,27)(H,28,29)(H,30,31). The first kappa shape index (κ1) is 33.4. The van der Waals surface area contributed by atoms with Gasteiger partial charge in [0, 0.05) is 32.1 Å². The van der Waals surface area contributed by atoms with E-state index in [0.29, 0.717) is 6.42 Å². The van der Waals surface area contributed by atoms with Gasteiger partial charge in [-0.25, -0.2) is 13.2 Å². The molecule has 2 atom stereocenters. The minimum Gasteiger partial charge on any atom is -0.481 e. The van der Waals surface area contributed by atoms with Crippen molar-refractivity contribution in [1.29, 1.82) is 0 Å². The molecule has 208 valence electrons. The van der Waals surface area contributed by atoms with Crippen LogP contribution in [-0.2, 0) is 43.3 Å². The van der Waals surface area contributed by atoms with Crippen molar-refractivity contribution in [2.75, 3.05) is 45.0 Å². The normalized spacial score (nSPS) is 12.9. The largest absolute Gasteiger partial charge is 0.481 e. The lowest BCUT2D eigenvalue weighted by Crippen LogP contribution is -2.40. The molecular weight excluding hydrogens is 500 g/mol. The average Bonchev–Trinajstić information content (AvgIpc) is 2.76. The zero-order valence-corrected chi connectivity index (χ0v) is 21.6. The van der Waals surface area contributed by atoms with Crippen LogP contribution in [0.5, 0.6) is 0 Å². The predicted molar refractivity (Wildman–Crippen MR) is 128 cm³/mol. The number of rotatable bonds is 22. The maximum Gasteiger partial charge on any atom is 0.326 e. The van der Waals surface area contributed by atoms with Gasteiger partial charge >= 0.3 is 11.9 Å². The predicted octanol–water partition coefficient (Wildman–Crippen LogP) is -0.230. The summed E-state index contributed by atoms with van der Waals surface area (Å²) in [6.07, 6.45) is 1.59. The van der Waals surface area contributed by atoms with Crippen LogP contribution >= 0.6 is 0 Å². The molecule has 0 aromatic carbocycles. The van der Waals surface area contributed by atoms with E-state index in [0.717, 1.165) is 6.26 Å². The molecule has 2 unspecified atom stereocenters. The topological polar surface area (TPSA) is 202 Å². The Kier molecular flexibility index (Phi) is 17.3. The van der Waals surface area contributed by atoms with Gasteiger partial charge in [-0.05, 0) is 19.3 Å². The summed E-state index contributed by atoms with van der Waals surface area (Å²) in [6.45, 7) is 2.09. The Morgan fingerprint density at radius 3 is 2.14 bits per heavy atom. The first-order valence-electron chi connectivity index (χ1n) is 11.7. The number of carbonyl (C=O) groups excluding carboxylic acids is 3. The van der Waals surface area contributed by atoms with E-state index in [1.54, 1.807) is 6.92 Å². The second-order valence-electron chi connectivity index (χ2n) is 8.31. The first-order valence-corrected chi connectivity index (χ1v) is 13.8. The number of ether oxygens (including phenoxy) is 2. The van der Waals surface area contributed by atoms with Gasteiger partial charge in [0.15, 0.2) is 5.78 Å². The highest BCUT2D eigenvalue weighted by atomic mass is 32.2. The third-order valence-electron chi connectivity index (χ3n) is 4.88. The number of carboxylic acid groups (broad SMARTS) is 2. The minimum absolute atomic E-state index is 0.0538. The lowest BCUT2D eigenvalue weighted by atomic mass is 9.97. The number of aliphatic carboxylic acids is 2. The van der Waals surface area contributed by atoms with E-state index >= 15 is 0 Å². The molecule has 14 heteroatoms. The fraction of sp³-hybridized carbons (Fsp3) is 0.773. The molecule has 0 fully saturated rings. The molecule has 0 heterocycles. The van der Waals surface area contributed by atoms with E-state index in [1.807, 2.05) is 0 Å². The highest BCUT2D eigenvalue weighted by Gasteiger charge is 2.24. The van der Waals surface area contributed by atoms with Gasteiger partial charge in [0.05, 0.1) is 31.5 Å². The van der Waals surface area contributed by atoms with Crippen LogP contribution in [0.4, 0.5) is 0 Å². The molecule has 0 rings (SSSR count). The van der Waals surface area contributed by atoms with Crippen molar-refractivity contribution < 1.29 is 52.1 Å². The molecule has 0 saturated heterocycles. The number of hydrogen-bond acceptors (Lipinski definition) is 9. The molecule has 0 aromatic rings. The Morgan fingerprint density at radius 1 is 0.889 bits per heavy atom. The summed E-state index contributed by atoms with van der Waals surface area (Å²) in [7, 11) is -3.10. The van der Waals surface area contributed by atoms with Crippen molar-refractivity contribution >= 4 is 39.4 Å². The van der Waals surface area contributed by atoms with Gasteiger partial charge in [-0.1, -0.05) is 13.3 Å². The summed E-state index contributed by atoms with van der Waals surface area (Å²) in [4.78, 5) is 58.0. The zero-order chi connectivity index (χ0) is 27.6. The minimum atomic E-state index is -3.10. The number of nitrogens with one attached hydrogen (secondary N) is 2. The molecule has 13 nitrogen and oxygen atoms in total. The Morgan fingerprint density at radius 2 is 1.56 bits per heavy atom. The quantitative estimate of drug-likeness (QED) is 0.133. The Balaban J connectivity index is 4.02. The van der Waals surface area contributed by atoms with Crippen LogP contribution in [0.2, 0.25) is 0 Å². The lowest BCUT2D eigenvalue weighted by molar-refractivity contribution is -0.145. The Hall–Kier alpha value is -2.58. The highest BCUT2D eigenvalue weighted by molar-refractivity contribution is 7.90. The van der Waals surface area contributed by atoms with Crippen LogP contribution in [0.3, 0.4) is 0 Å². The van der Waals surface area contributed by atoms with Gasteiger partial charge in [-0.15, -0.1) is 0 Å². The zero-order valence-electron chi connectivity index (χ0n) is 20.8. The van der Waals surface area contributed by atoms with Gasteiger partial charge in [0.1, 0.15) is 22.5 Å². The van der Waals surface area contributed by atoms with E-state index in [4.69, 9.17) is 14.6 Å². The Bertz CT molecular complexity index is 830. The number of carboxylic acids is 2. The molecule has 2 amide bonds. The number of hydrogen-bond donors (Lipinski definition) is 4. The van der Waals surface area contributed by atoms with Crippen LogP contribution in [0.25, 0.3) is 0 Å². The molecule has 0 aromatic heterocycles. The monoisotopic (exact) mass is 538 g/mol. The van der Waals surface area contributed by atoms with Crippen molar-refractivity contribution in [1.82, 2.24) is 10.6 Å². The van der Waals surface area contributed by atoms with Gasteiger partial charge in [0.25, 0.3) is 0 Å². The summed E-state index contributed by atoms with van der Waals surface area (Å²) < 4.78 is 32.4. The third kappa shape index (κ3) is 18.7. The third-order valence-corrected chi connectivity index (χ3v) is 5.91.